The van der Waals surface area contributed by atoms with E-state index >= 15 is 0 Å². The van der Waals surface area contributed by atoms with Gasteiger partial charge in [0.25, 0.3) is 0 Å². The molecule has 1 nitrogen and oxygen atoms in total. The van der Waals surface area contributed by atoms with Gasteiger partial charge < -0.3 is 5.73 Å². The van der Waals surface area contributed by atoms with Crippen LogP contribution < -0.4 is 5.73 Å². The first-order chi connectivity index (χ1) is 8.44. The molecule has 1 atom stereocenters. The van der Waals surface area contributed by atoms with Crippen LogP contribution in [-0.4, -0.2) is 6.54 Å². The molecule has 1 unspecified atom stereocenters. The van der Waals surface area contributed by atoms with Crippen LogP contribution >= 0.6 is 0 Å². The molecule has 4 aliphatic rings. The Kier molecular flexibility index (Phi) is 3.05. The molecule has 1 heteroatoms. The molecule has 0 amide bonds. The smallest absolute Gasteiger partial charge is 0.00513 e. The minimum atomic E-state index is 0.502. The third-order valence-electron chi connectivity index (χ3n) is 6.74. The number of rotatable bonds is 4. The third kappa shape index (κ3) is 1.94. The first-order valence-electron chi connectivity index (χ1n) is 8.14. The zero-order chi connectivity index (χ0) is 13.0. The Hall–Kier alpha value is -0.0400. The molecule has 18 heavy (non-hydrogen) atoms. The van der Waals surface area contributed by atoms with Crippen LogP contribution in [0.3, 0.4) is 0 Å². The summed E-state index contributed by atoms with van der Waals surface area (Å²) >= 11 is 0. The van der Waals surface area contributed by atoms with Crippen molar-refractivity contribution in [2.24, 2.45) is 40.2 Å². The Labute approximate surface area is 113 Å². The molecule has 4 saturated carbocycles. The van der Waals surface area contributed by atoms with E-state index in [1.165, 1.54) is 25.7 Å². The Morgan fingerprint density at radius 1 is 1.06 bits per heavy atom. The van der Waals surface area contributed by atoms with Gasteiger partial charge in [0.05, 0.1) is 0 Å². The topological polar surface area (TPSA) is 26.0 Å². The molecule has 104 valence electrons. The van der Waals surface area contributed by atoms with Crippen LogP contribution in [0.1, 0.15) is 65.7 Å². The van der Waals surface area contributed by atoms with Gasteiger partial charge in [-0.2, -0.15) is 0 Å². The quantitative estimate of drug-likeness (QED) is 0.793. The molecule has 0 aromatic heterocycles. The van der Waals surface area contributed by atoms with Gasteiger partial charge in [-0.05, 0) is 86.0 Å². The molecule has 4 bridgehead atoms. The van der Waals surface area contributed by atoms with Crippen molar-refractivity contribution >= 4 is 0 Å². The van der Waals surface area contributed by atoms with Gasteiger partial charge in [0, 0.05) is 0 Å². The van der Waals surface area contributed by atoms with Crippen LogP contribution in [0, 0.1) is 34.5 Å². The average molecular weight is 249 g/mol. The SMILES string of the molecule is CC(CN)CC(C)(C)C12CC3CC(CC(C3)C1)C2. The zero-order valence-electron chi connectivity index (χ0n) is 12.5. The minimum Gasteiger partial charge on any atom is -0.330 e. The van der Waals surface area contributed by atoms with E-state index in [2.05, 4.69) is 20.8 Å². The van der Waals surface area contributed by atoms with Crippen molar-refractivity contribution in [3.63, 3.8) is 0 Å². The van der Waals surface area contributed by atoms with Gasteiger partial charge in [-0.3, -0.25) is 0 Å². The lowest BCUT2D eigenvalue weighted by Gasteiger charge is -2.63. The first kappa shape index (κ1) is 13.0. The number of hydrogen-bond acceptors (Lipinski definition) is 1. The lowest BCUT2D eigenvalue weighted by molar-refractivity contribution is -0.125. The lowest BCUT2D eigenvalue weighted by Crippen LogP contribution is -2.53. The second kappa shape index (κ2) is 4.23. The van der Waals surface area contributed by atoms with Crippen LogP contribution in [0.4, 0.5) is 0 Å². The van der Waals surface area contributed by atoms with E-state index in [1.54, 1.807) is 19.3 Å². The average Bonchev–Trinajstić information content (AvgIpc) is 2.26. The van der Waals surface area contributed by atoms with E-state index in [9.17, 15) is 0 Å². The highest BCUT2D eigenvalue weighted by Crippen LogP contribution is 2.66. The summed E-state index contributed by atoms with van der Waals surface area (Å²) in [5, 5.41) is 0. The molecule has 4 rings (SSSR count). The van der Waals surface area contributed by atoms with Gasteiger partial charge in [-0.15, -0.1) is 0 Å². The maximum atomic E-state index is 5.87. The lowest BCUT2D eigenvalue weighted by atomic mass is 9.42. The largest absolute Gasteiger partial charge is 0.330 e. The Morgan fingerprint density at radius 3 is 1.89 bits per heavy atom. The number of hydrogen-bond donors (Lipinski definition) is 1. The van der Waals surface area contributed by atoms with E-state index in [0.717, 1.165) is 24.3 Å². The summed E-state index contributed by atoms with van der Waals surface area (Å²) in [5.41, 5.74) is 7.04. The van der Waals surface area contributed by atoms with E-state index in [-0.39, 0.29) is 0 Å². The second-order valence-corrected chi connectivity index (χ2v) is 8.63. The van der Waals surface area contributed by atoms with E-state index in [4.69, 9.17) is 5.73 Å². The van der Waals surface area contributed by atoms with Crippen molar-refractivity contribution in [2.45, 2.75) is 65.7 Å². The summed E-state index contributed by atoms with van der Waals surface area (Å²) in [6.45, 7) is 8.29. The van der Waals surface area contributed by atoms with Gasteiger partial charge in [-0.25, -0.2) is 0 Å². The van der Waals surface area contributed by atoms with Crippen molar-refractivity contribution in [3.8, 4) is 0 Å². The van der Waals surface area contributed by atoms with Gasteiger partial charge in [0.15, 0.2) is 0 Å². The summed E-state index contributed by atoms with van der Waals surface area (Å²) < 4.78 is 0. The fourth-order valence-corrected chi connectivity index (χ4v) is 6.11. The van der Waals surface area contributed by atoms with Crippen molar-refractivity contribution in [2.75, 3.05) is 6.54 Å². The summed E-state index contributed by atoms with van der Waals surface area (Å²) in [7, 11) is 0. The fraction of sp³-hybridized carbons (Fsp3) is 1.00. The van der Waals surface area contributed by atoms with Gasteiger partial charge in [-0.1, -0.05) is 20.8 Å². The maximum absolute atomic E-state index is 5.87. The van der Waals surface area contributed by atoms with Crippen molar-refractivity contribution in [3.05, 3.63) is 0 Å². The maximum Gasteiger partial charge on any atom is -0.00513 e. The highest BCUT2D eigenvalue weighted by molar-refractivity contribution is 5.07. The molecule has 0 spiro atoms. The highest BCUT2D eigenvalue weighted by atomic mass is 14.6. The summed E-state index contributed by atoms with van der Waals surface area (Å²) in [4.78, 5) is 0. The molecule has 2 N–H and O–H groups in total. The van der Waals surface area contributed by atoms with Gasteiger partial charge in [0.1, 0.15) is 0 Å². The summed E-state index contributed by atoms with van der Waals surface area (Å²) in [6, 6.07) is 0. The van der Waals surface area contributed by atoms with Crippen LogP contribution in [-0.2, 0) is 0 Å². The summed E-state index contributed by atoms with van der Waals surface area (Å²) in [6.07, 6.45) is 10.6. The van der Waals surface area contributed by atoms with Crippen LogP contribution in [0.15, 0.2) is 0 Å². The van der Waals surface area contributed by atoms with E-state index in [1.807, 2.05) is 0 Å². The van der Waals surface area contributed by atoms with Crippen LogP contribution in [0.5, 0.6) is 0 Å². The van der Waals surface area contributed by atoms with Crippen molar-refractivity contribution < 1.29 is 0 Å². The molecule has 0 aliphatic heterocycles. The number of nitrogens with two attached hydrogens (primary N) is 1. The Bertz CT molecular complexity index is 282. The zero-order valence-corrected chi connectivity index (χ0v) is 12.5. The molecular formula is C17H31N. The Morgan fingerprint density at radius 2 is 1.50 bits per heavy atom. The predicted octanol–water partition coefficient (Wildman–Crippen LogP) is 4.21. The molecule has 0 aromatic carbocycles. The molecule has 0 saturated heterocycles. The monoisotopic (exact) mass is 249 g/mol. The van der Waals surface area contributed by atoms with Gasteiger partial charge >= 0.3 is 0 Å². The highest BCUT2D eigenvalue weighted by Gasteiger charge is 2.56. The molecule has 0 aromatic rings. The van der Waals surface area contributed by atoms with E-state index < -0.39 is 0 Å². The fourth-order valence-electron chi connectivity index (χ4n) is 6.11. The second-order valence-electron chi connectivity index (χ2n) is 8.63. The van der Waals surface area contributed by atoms with E-state index in [0.29, 0.717) is 16.7 Å². The Balaban J connectivity index is 1.81. The summed E-state index contributed by atoms with van der Waals surface area (Å²) in [5.74, 6) is 3.91. The third-order valence-corrected chi connectivity index (χ3v) is 6.74. The molecule has 4 aliphatic carbocycles. The standard InChI is InChI=1S/C17H31N/c1-12(11-18)7-16(2,3)17-8-13-4-14(9-17)6-15(5-13)10-17/h12-15H,4-11,18H2,1-3H3. The molecular weight excluding hydrogens is 218 g/mol. The van der Waals surface area contributed by atoms with Gasteiger partial charge in [0.2, 0.25) is 0 Å². The van der Waals surface area contributed by atoms with Crippen molar-refractivity contribution in [1.29, 1.82) is 0 Å². The van der Waals surface area contributed by atoms with Crippen LogP contribution in [0.2, 0.25) is 0 Å². The molecule has 0 heterocycles. The molecule has 0 radical (unpaired) electrons. The minimum absolute atomic E-state index is 0.502. The normalized spacial score (nSPS) is 44.3. The predicted molar refractivity (Wildman–Crippen MR) is 77.2 cm³/mol. The van der Waals surface area contributed by atoms with Crippen molar-refractivity contribution in [1.82, 2.24) is 0 Å². The first-order valence-corrected chi connectivity index (χ1v) is 8.14. The van der Waals surface area contributed by atoms with Crippen LogP contribution in [0.25, 0.3) is 0 Å². The molecule has 4 fully saturated rings.